The number of hydrogen-bond donors (Lipinski definition) is 2. The van der Waals surface area contributed by atoms with Crippen LogP contribution in [0.2, 0.25) is 0 Å². The van der Waals surface area contributed by atoms with Gasteiger partial charge in [-0.25, -0.2) is 4.48 Å². The maximum Gasteiger partial charge on any atom is 0.272 e. The van der Waals surface area contributed by atoms with Gasteiger partial charge in [-0.3, -0.25) is 14.6 Å². The molecule has 4 heterocycles. The van der Waals surface area contributed by atoms with Gasteiger partial charge in [-0.05, 0) is 43.2 Å². The summed E-state index contributed by atoms with van der Waals surface area (Å²) in [6.07, 6.45) is 7.35. The minimum Gasteiger partial charge on any atom is -0.495 e. The van der Waals surface area contributed by atoms with Crippen LogP contribution in [0.4, 0.5) is 5.69 Å². The maximum atomic E-state index is 13.3. The number of hydrogen-bond acceptors (Lipinski definition) is 6. The van der Waals surface area contributed by atoms with Crippen molar-refractivity contribution in [2.45, 2.75) is 12.8 Å². The lowest BCUT2D eigenvalue weighted by Crippen LogP contribution is -2.43. The van der Waals surface area contributed by atoms with Crippen LogP contribution >= 0.6 is 0 Å². The zero-order chi connectivity index (χ0) is 28.7. The number of nitrogens with zero attached hydrogens (tertiary/aromatic N) is 5. The number of benzene rings is 2. The number of amides is 2. The fourth-order valence-corrected chi connectivity index (χ4v) is 6.04. The Morgan fingerprint density at radius 2 is 1.93 bits per heavy atom. The molecule has 2 aromatic carbocycles. The number of likely N-dealkylation sites (tertiary alicyclic amines) is 1. The number of para-hydroxylation sites is 1. The van der Waals surface area contributed by atoms with Crippen LogP contribution in [-0.4, -0.2) is 71.6 Å². The summed E-state index contributed by atoms with van der Waals surface area (Å²) in [6, 6.07) is 15.5. The van der Waals surface area contributed by atoms with Crippen molar-refractivity contribution in [3.8, 4) is 5.75 Å². The van der Waals surface area contributed by atoms with Crippen molar-refractivity contribution in [3.63, 3.8) is 0 Å². The van der Waals surface area contributed by atoms with E-state index < -0.39 is 0 Å². The molecule has 1 fully saturated rings. The van der Waals surface area contributed by atoms with Gasteiger partial charge in [0.15, 0.2) is 5.70 Å². The highest BCUT2D eigenvalue weighted by Crippen LogP contribution is 2.40. The average Bonchev–Trinajstić information content (AvgIpc) is 3.51. The van der Waals surface area contributed by atoms with Crippen LogP contribution in [0.1, 0.15) is 28.9 Å². The summed E-state index contributed by atoms with van der Waals surface area (Å²) in [6.45, 7) is 1.36. The normalized spacial score (nSPS) is 20.4. The summed E-state index contributed by atoms with van der Waals surface area (Å²) in [5.41, 5.74) is 10.6. The zero-order valence-corrected chi connectivity index (χ0v) is 23.5. The van der Waals surface area contributed by atoms with Gasteiger partial charge in [0.1, 0.15) is 23.3 Å². The number of nitrogens with one attached hydrogen (secondary N) is 1. The molecule has 3 aliphatic heterocycles. The predicted octanol–water partition coefficient (Wildman–Crippen LogP) is 3.61. The van der Waals surface area contributed by atoms with Crippen LogP contribution in [-0.2, 0) is 11.8 Å². The number of anilines is 1. The summed E-state index contributed by atoms with van der Waals surface area (Å²) in [5.74, 6) is 1.37. The highest BCUT2D eigenvalue weighted by atomic mass is 16.5. The number of carbonyl (C=O) groups is 2. The van der Waals surface area contributed by atoms with E-state index in [-0.39, 0.29) is 24.3 Å². The molecule has 41 heavy (non-hydrogen) atoms. The van der Waals surface area contributed by atoms with E-state index in [0.717, 1.165) is 46.5 Å². The number of aromatic nitrogens is 1. The molecule has 1 unspecified atom stereocenters. The molecule has 210 valence electrons. The lowest BCUT2D eigenvalue weighted by molar-refractivity contribution is -0.713. The molecule has 1 saturated heterocycles. The van der Waals surface area contributed by atoms with Crippen LogP contribution in [0.5, 0.6) is 5.75 Å². The summed E-state index contributed by atoms with van der Waals surface area (Å²) in [5, 5.41) is 4.03. The van der Waals surface area contributed by atoms with Gasteiger partial charge in [-0.1, -0.05) is 18.2 Å². The Hall–Kier alpha value is -4.54. The molecular weight excluding hydrogens is 518 g/mol. The van der Waals surface area contributed by atoms with Gasteiger partial charge in [-0.15, -0.1) is 0 Å². The number of fused-ring (bicyclic) bond motifs is 2. The predicted molar refractivity (Wildman–Crippen MR) is 160 cm³/mol. The molecule has 6 rings (SSSR count). The third-order valence-corrected chi connectivity index (χ3v) is 8.38. The van der Waals surface area contributed by atoms with Gasteiger partial charge in [-0.2, -0.15) is 4.99 Å². The lowest BCUT2D eigenvalue weighted by Gasteiger charge is -2.32. The first-order valence-corrected chi connectivity index (χ1v) is 13.8. The van der Waals surface area contributed by atoms with Gasteiger partial charge in [0, 0.05) is 37.0 Å². The van der Waals surface area contributed by atoms with Crippen molar-refractivity contribution in [2.75, 3.05) is 39.1 Å². The number of nitrogens with two attached hydrogens (primary N) is 1. The van der Waals surface area contributed by atoms with E-state index in [1.54, 1.807) is 13.3 Å². The first-order chi connectivity index (χ1) is 19.8. The molecule has 10 heteroatoms. The zero-order valence-electron chi connectivity index (χ0n) is 23.5. The number of methoxy groups -OCH3 is 1. The number of rotatable bonds is 6. The molecule has 3 aromatic rings. The van der Waals surface area contributed by atoms with Crippen LogP contribution in [0, 0.1) is 5.92 Å². The van der Waals surface area contributed by atoms with E-state index in [1.807, 2.05) is 77.5 Å². The summed E-state index contributed by atoms with van der Waals surface area (Å²) in [4.78, 5) is 36.8. The van der Waals surface area contributed by atoms with Crippen molar-refractivity contribution in [1.82, 2.24) is 9.47 Å². The Morgan fingerprint density at radius 3 is 2.66 bits per heavy atom. The van der Waals surface area contributed by atoms with Gasteiger partial charge in [0.2, 0.25) is 11.7 Å². The SMILES string of the molecule is COc1cc(C2=NC(C3CCN(C(=O)CN)CC3)=C3C=NC=C[N+]23C)ccc1NC(=O)c1cc2ccccc2n1C. The quantitative estimate of drug-likeness (QED) is 0.455. The standard InChI is InChI=1S/C31H33N7O3/c1-36-24-7-5-4-6-21(24)16-25(36)31(40)34-23-9-8-22(17-27(23)41-3)30-35-29(26-19-33-12-15-38(26,30)2)20-10-13-37(14-11-20)28(39)18-32/h4-9,12,15-17,19-20H,10-11,13-14,18,32H2,1-3H3/p+1. The number of carbonyl (C=O) groups excluding carboxylic acids is 2. The maximum absolute atomic E-state index is 13.3. The molecule has 10 nitrogen and oxygen atoms in total. The van der Waals surface area contributed by atoms with Gasteiger partial charge >= 0.3 is 0 Å². The highest BCUT2D eigenvalue weighted by Gasteiger charge is 2.45. The van der Waals surface area contributed by atoms with Crippen molar-refractivity contribution in [2.24, 2.45) is 28.7 Å². The van der Waals surface area contributed by atoms with Gasteiger partial charge in [0.05, 0.1) is 44.4 Å². The second kappa shape index (κ2) is 10.5. The molecule has 3 N–H and O–H groups in total. The lowest BCUT2D eigenvalue weighted by atomic mass is 9.92. The Kier molecular flexibility index (Phi) is 6.80. The van der Waals surface area contributed by atoms with Crippen LogP contribution < -0.4 is 15.8 Å². The van der Waals surface area contributed by atoms with Crippen molar-refractivity contribution < 1.29 is 18.8 Å². The van der Waals surface area contributed by atoms with Crippen LogP contribution in [0.15, 0.2) is 82.3 Å². The topological polar surface area (TPSA) is 114 Å². The van der Waals surface area contributed by atoms with Gasteiger partial charge < -0.3 is 25.3 Å². The molecule has 1 aromatic heterocycles. The van der Waals surface area contributed by atoms with Gasteiger partial charge in [0.25, 0.3) is 5.91 Å². The highest BCUT2D eigenvalue weighted by molar-refractivity contribution is 6.08. The number of amidine groups is 1. The summed E-state index contributed by atoms with van der Waals surface area (Å²) >= 11 is 0. The fourth-order valence-electron chi connectivity index (χ4n) is 6.04. The van der Waals surface area contributed by atoms with Crippen molar-refractivity contribution in [1.29, 1.82) is 0 Å². The summed E-state index contributed by atoms with van der Waals surface area (Å²) in [7, 11) is 5.58. The fraction of sp³-hybridized carbons (Fsp3) is 0.290. The Morgan fingerprint density at radius 1 is 1.15 bits per heavy atom. The van der Waals surface area contributed by atoms with E-state index in [4.69, 9.17) is 15.5 Å². The second-order valence-electron chi connectivity index (χ2n) is 10.7. The molecule has 1 atom stereocenters. The largest absolute Gasteiger partial charge is 0.495 e. The molecule has 2 amide bonds. The van der Waals surface area contributed by atoms with E-state index in [9.17, 15) is 9.59 Å². The smallest absolute Gasteiger partial charge is 0.272 e. The number of ether oxygens (including phenoxy) is 1. The Bertz CT molecular complexity index is 1670. The minimum absolute atomic E-state index is 0.0147. The van der Waals surface area contributed by atoms with E-state index in [2.05, 4.69) is 17.4 Å². The molecule has 3 aliphatic rings. The van der Waals surface area contributed by atoms with E-state index in [0.29, 0.717) is 34.7 Å². The second-order valence-corrected chi connectivity index (χ2v) is 10.7. The number of aryl methyl sites for hydroxylation is 1. The number of piperidine rings is 1. The average molecular weight is 553 g/mol. The Balaban J connectivity index is 1.28. The summed E-state index contributed by atoms with van der Waals surface area (Å²) < 4.78 is 8.01. The minimum atomic E-state index is -0.215. The first kappa shape index (κ1) is 26.7. The number of aliphatic imine (C=N–C) groups is 2. The third-order valence-electron chi connectivity index (χ3n) is 8.38. The van der Waals surface area contributed by atoms with E-state index >= 15 is 0 Å². The molecule has 0 radical (unpaired) electrons. The molecular formula is C31H34N7O3+. The number of allylic oxidation sites excluding steroid dienone is 2. The Labute approximate surface area is 238 Å². The third kappa shape index (κ3) is 4.55. The van der Waals surface area contributed by atoms with E-state index in [1.165, 1.54) is 0 Å². The van der Waals surface area contributed by atoms with Crippen molar-refractivity contribution in [3.05, 3.63) is 83.6 Å². The molecule has 0 aliphatic carbocycles. The number of quaternary nitrogens is 1. The molecule has 0 bridgehead atoms. The van der Waals surface area contributed by atoms with Crippen molar-refractivity contribution >= 4 is 40.5 Å². The molecule has 0 spiro atoms. The van der Waals surface area contributed by atoms with Crippen LogP contribution in [0.25, 0.3) is 10.9 Å². The van der Waals surface area contributed by atoms with Crippen LogP contribution in [0.3, 0.4) is 0 Å². The first-order valence-electron chi connectivity index (χ1n) is 13.8. The monoisotopic (exact) mass is 552 g/mol. The molecule has 0 saturated carbocycles.